The Bertz CT molecular complexity index is 377. The van der Waals surface area contributed by atoms with Gasteiger partial charge in [-0.05, 0) is 43.4 Å². The van der Waals surface area contributed by atoms with Gasteiger partial charge in [0.25, 0.3) is 0 Å². The van der Waals surface area contributed by atoms with E-state index in [2.05, 4.69) is 0 Å². The second kappa shape index (κ2) is 5.92. The number of esters is 1. The molecule has 0 spiro atoms. The number of hydrogen-bond acceptors (Lipinski definition) is 4. The summed E-state index contributed by atoms with van der Waals surface area (Å²) in [6.45, 7) is 3.86. The van der Waals surface area contributed by atoms with Gasteiger partial charge in [0.05, 0.1) is 6.61 Å². The third kappa shape index (κ3) is 3.00. The van der Waals surface area contributed by atoms with E-state index in [1.54, 1.807) is 18.7 Å². The largest absolute Gasteiger partial charge is 0.464 e. The summed E-state index contributed by atoms with van der Waals surface area (Å²) in [7, 11) is 0. The Balaban J connectivity index is 2.97. The number of thioether (sulfide) groups is 1. The third-order valence-electron chi connectivity index (χ3n) is 2.29. The van der Waals surface area contributed by atoms with Crippen molar-refractivity contribution in [1.82, 2.24) is 0 Å². The van der Waals surface area contributed by atoms with E-state index in [0.29, 0.717) is 5.56 Å². The molecule has 0 bridgehead atoms. The van der Waals surface area contributed by atoms with Crippen molar-refractivity contribution in [2.75, 3.05) is 12.9 Å². The summed E-state index contributed by atoms with van der Waals surface area (Å²) < 4.78 is 4.79. The monoisotopic (exact) mass is 240 g/mol. The zero-order valence-electron chi connectivity index (χ0n) is 9.69. The Morgan fingerprint density at radius 3 is 2.81 bits per heavy atom. The summed E-state index contributed by atoms with van der Waals surface area (Å²) in [6, 6.07) is 5.67. The van der Waals surface area contributed by atoms with Crippen molar-refractivity contribution in [1.29, 1.82) is 0 Å². The van der Waals surface area contributed by atoms with Crippen molar-refractivity contribution in [3.05, 3.63) is 29.3 Å². The SMILES string of the molecule is CCOC(=O)C(O)c1cc(SC)ccc1C. The highest BCUT2D eigenvalue weighted by atomic mass is 32.2. The molecule has 1 N–H and O–H groups in total. The van der Waals surface area contributed by atoms with Gasteiger partial charge in [-0.2, -0.15) is 0 Å². The number of rotatable bonds is 4. The molecule has 0 fully saturated rings. The minimum atomic E-state index is -1.19. The summed E-state index contributed by atoms with van der Waals surface area (Å²) in [5.74, 6) is -0.594. The molecule has 1 rings (SSSR count). The lowest BCUT2D eigenvalue weighted by molar-refractivity contribution is -0.153. The molecule has 0 saturated heterocycles. The topological polar surface area (TPSA) is 46.5 Å². The number of aryl methyl sites for hydroxylation is 1. The normalized spacial score (nSPS) is 12.2. The maximum atomic E-state index is 11.4. The van der Waals surface area contributed by atoms with Crippen LogP contribution in [0.15, 0.2) is 23.1 Å². The molecule has 0 heterocycles. The first-order chi connectivity index (χ1) is 7.60. The fraction of sp³-hybridized carbons (Fsp3) is 0.417. The van der Waals surface area contributed by atoms with Crippen LogP contribution < -0.4 is 0 Å². The summed E-state index contributed by atoms with van der Waals surface area (Å²) in [5, 5.41) is 9.84. The molecule has 0 radical (unpaired) electrons. The third-order valence-corrected chi connectivity index (χ3v) is 3.02. The molecule has 0 aromatic heterocycles. The van der Waals surface area contributed by atoms with Gasteiger partial charge in [0.2, 0.25) is 0 Å². The lowest BCUT2D eigenvalue weighted by atomic mass is 10.0. The Labute approximate surface area is 99.8 Å². The van der Waals surface area contributed by atoms with Crippen molar-refractivity contribution in [3.63, 3.8) is 0 Å². The lowest BCUT2D eigenvalue weighted by Gasteiger charge is -2.13. The summed E-state index contributed by atoms with van der Waals surface area (Å²) in [4.78, 5) is 12.4. The van der Waals surface area contributed by atoms with E-state index in [9.17, 15) is 9.90 Å². The Morgan fingerprint density at radius 1 is 1.56 bits per heavy atom. The van der Waals surface area contributed by atoms with Crippen LogP contribution in [0.4, 0.5) is 0 Å². The van der Waals surface area contributed by atoms with Gasteiger partial charge in [0.15, 0.2) is 6.10 Å². The van der Waals surface area contributed by atoms with Crippen LogP contribution in [0.2, 0.25) is 0 Å². The molecule has 3 nitrogen and oxygen atoms in total. The van der Waals surface area contributed by atoms with Crippen LogP contribution in [0.3, 0.4) is 0 Å². The standard InChI is InChI=1S/C12H16O3S/c1-4-15-12(14)11(13)10-7-9(16-3)6-5-8(10)2/h5-7,11,13H,4H2,1-3H3. The summed E-state index contributed by atoms with van der Waals surface area (Å²) in [5.41, 5.74) is 1.50. The zero-order valence-corrected chi connectivity index (χ0v) is 10.5. The maximum absolute atomic E-state index is 11.4. The van der Waals surface area contributed by atoms with Crippen LogP contribution in [-0.2, 0) is 9.53 Å². The van der Waals surface area contributed by atoms with Crippen LogP contribution in [0.1, 0.15) is 24.2 Å². The molecule has 0 aliphatic heterocycles. The van der Waals surface area contributed by atoms with Gasteiger partial charge in [-0.25, -0.2) is 4.79 Å². The first kappa shape index (κ1) is 13.1. The van der Waals surface area contributed by atoms with Crippen LogP contribution in [0, 0.1) is 6.92 Å². The maximum Gasteiger partial charge on any atom is 0.339 e. The van der Waals surface area contributed by atoms with E-state index in [4.69, 9.17) is 4.74 Å². The summed E-state index contributed by atoms with van der Waals surface area (Å²) in [6.07, 6.45) is 0.762. The van der Waals surface area contributed by atoms with Crippen LogP contribution in [0.5, 0.6) is 0 Å². The highest BCUT2D eigenvalue weighted by Gasteiger charge is 2.20. The van der Waals surface area contributed by atoms with E-state index in [0.717, 1.165) is 10.5 Å². The van der Waals surface area contributed by atoms with E-state index in [1.165, 1.54) is 0 Å². The zero-order chi connectivity index (χ0) is 12.1. The molecular weight excluding hydrogens is 224 g/mol. The molecule has 0 aliphatic rings. The van der Waals surface area contributed by atoms with Gasteiger partial charge >= 0.3 is 5.97 Å². The first-order valence-corrected chi connectivity index (χ1v) is 6.31. The molecule has 1 aromatic carbocycles. The van der Waals surface area contributed by atoms with Gasteiger partial charge in [0, 0.05) is 4.90 Å². The van der Waals surface area contributed by atoms with Gasteiger partial charge in [-0.15, -0.1) is 11.8 Å². The fourth-order valence-corrected chi connectivity index (χ4v) is 1.84. The average Bonchev–Trinajstić information content (AvgIpc) is 2.29. The molecule has 16 heavy (non-hydrogen) atoms. The van der Waals surface area contributed by atoms with E-state index in [-0.39, 0.29) is 6.61 Å². The van der Waals surface area contributed by atoms with Crippen molar-refractivity contribution in [2.24, 2.45) is 0 Å². The van der Waals surface area contributed by atoms with Crippen molar-refractivity contribution in [3.8, 4) is 0 Å². The fourth-order valence-electron chi connectivity index (χ4n) is 1.39. The number of benzene rings is 1. The predicted octanol–water partition coefficient (Wildman–Crippen LogP) is 2.31. The second-order valence-corrected chi connectivity index (χ2v) is 4.26. The van der Waals surface area contributed by atoms with Crippen LogP contribution in [0.25, 0.3) is 0 Å². The van der Waals surface area contributed by atoms with E-state index in [1.807, 2.05) is 31.4 Å². The average molecular weight is 240 g/mol. The minimum absolute atomic E-state index is 0.275. The lowest BCUT2D eigenvalue weighted by Crippen LogP contribution is -2.16. The highest BCUT2D eigenvalue weighted by molar-refractivity contribution is 7.98. The quantitative estimate of drug-likeness (QED) is 0.648. The number of ether oxygens (including phenoxy) is 1. The van der Waals surface area contributed by atoms with Gasteiger partial charge < -0.3 is 9.84 Å². The number of carbonyl (C=O) groups is 1. The molecule has 0 amide bonds. The predicted molar refractivity (Wildman–Crippen MR) is 64.6 cm³/mol. The van der Waals surface area contributed by atoms with Gasteiger partial charge in [-0.3, -0.25) is 0 Å². The number of hydrogen-bond donors (Lipinski definition) is 1. The minimum Gasteiger partial charge on any atom is -0.464 e. The smallest absolute Gasteiger partial charge is 0.339 e. The number of aliphatic hydroxyl groups is 1. The number of carbonyl (C=O) groups excluding carboxylic acids is 1. The van der Waals surface area contributed by atoms with E-state index >= 15 is 0 Å². The van der Waals surface area contributed by atoms with Crippen molar-refractivity contribution >= 4 is 17.7 Å². The van der Waals surface area contributed by atoms with Crippen LogP contribution >= 0.6 is 11.8 Å². The molecule has 0 saturated carbocycles. The van der Waals surface area contributed by atoms with Crippen molar-refractivity contribution in [2.45, 2.75) is 24.8 Å². The molecule has 4 heteroatoms. The molecule has 88 valence electrons. The molecule has 1 atom stereocenters. The molecule has 1 unspecified atom stereocenters. The Hall–Kier alpha value is -1.00. The van der Waals surface area contributed by atoms with E-state index < -0.39 is 12.1 Å². The van der Waals surface area contributed by atoms with Crippen molar-refractivity contribution < 1.29 is 14.6 Å². The Morgan fingerprint density at radius 2 is 2.25 bits per heavy atom. The van der Waals surface area contributed by atoms with Gasteiger partial charge in [0.1, 0.15) is 0 Å². The van der Waals surface area contributed by atoms with Gasteiger partial charge in [-0.1, -0.05) is 6.07 Å². The molecule has 1 aromatic rings. The molecular formula is C12H16O3S. The number of aliphatic hydroxyl groups excluding tert-OH is 1. The highest BCUT2D eigenvalue weighted by Crippen LogP contribution is 2.24. The summed E-state index contributed by atoms with van der Waals surface area (Å²) >= 11 is 1.57. The first-order valence-electron chi connectivity index (χ1n) is 5.09. The molecule has 0 aliphatic carbocycles. The second-order valence-electron chi connectivity index (χ2n) is 3.38. The Kier molecular flexibility index (Phi) is 4.83. The van der Waals surface area contributed by atoms with Crippen LogP contribution in [-0.4, -0.2) is 23.9 Å².